The minimum Gasteiger partial charge on any atom is -0.493 e. The Morgan fingerprint density at radius 1 is 1.12 bits per heavy atom. The smallest absolute Gasteiger partial charge is 0.191 e. The van der Waals surface area contributed by atoms with Gasteiger partial charge in [-0.2, -0.15) is 0 Å². The molecule has 0 saturated heterocycles. The van der Waals surface area contributed by atoms with Crippen LogP contribution in [0.25, 0.3) is 0 Å². The van der Waals surface area contributed by atoms with E-state index >= 15 is 0 Å². The molecule has 0 aliphatic carbocycles. The van der Waals surface area contributed by atoms with Crippen LogP contribution in [0.2, 0.25) is 5.02 Å². The maximum atomic E-state index is 6.20. The summed E-state index contributed by atoms with van der Waals surface area (Å²) in [4.78, 5) is 0. The summed E-state index contributed by atoms with van der Waals surface area (Å²) < 4.78 is 13.2. The lowest BCUT2D eigenvalue weighted by atomic mass is 10.2. The number of hydrogen-bond donors (Lipinski definition) is 0. The Balaban J connectivity index is 1.65. The van der Waals surface area contributed by atoms with Crippen molar-refractivity contribution in [1.82, 2.24) is 14.8 Å². The molecule has 0 aliphatic rings. The van der Waals surface area contributed by atoms with E-state index in [4.69, 9.17) is 21.1 Å². The number of aromatic nitrogens is 3. The van der Waals surface area contributed by atoms with Crippen molar-refractivity contribution in [1.29, 1.82) is 0 Å². The fraction of sp³-hybridized carbons (Fsp3) is 0.263. The highest BCUT2D eigenvalue weighted by molar-refractivity contribution is 7.98. The Kier molecular flexibility index (Phi) is 6.06. The predicted octanol–water partition coefficient (Wildman–Crippen LogP) is 4.66. The molecule has 3 aromatic rings. The first-order valence-electron chi connectivity index (χ1n) is 8.10. The van der Waals surface area contributed by atoms with E-state index in [0.29, 0.717) is 18.1 Å². The zero-order valence-corrected chi connectivity index (χ0v) is 16.5. The van der Waals surface area contributed by atoms with Gasteiger partial charge in [0.25, 0.3) is 0 Å². The van der Waals surface area contributed by atoms with E-state index in [0.717, 1.165) is 32.9 Å². The van der Waals surface area contributed by atoms with Gasteiger partial charge < -0.3 is 14.0 Å². The van der Waals surface area contributed by atoms with Gasteiger partial charge in [-0.3, -0.25) is 0 Å². The van der Waals surface area contributed by atoms with Crippen molar-refractivity contribution in [2.45, 2.75) is 24.4 Å². The summed E-state index contributed by atoms with van der Waals surface area (Å²) in [5.41, 5.74) is 2.19. The van der Waals surface area contributed by atoms with Crippen molar-refractivity contribution in [3.8, 4) is 11.5 Å². The highest BCUT2D eigenvalue weighted by Crippen LogP contribution is 2.29. The van der Waals surface area contributed by atoms with Crippen LogP contribution in [-0.4, -0.2) is 21.9 Å². The molecule has 7 heteroatoms. The second-order valence-electron chi connectivity index (χ2n) is 5.78. The Bertz CT molecular complexity index is 898. The molecule has 26 heavy (non-hydrogen) atoms. The molecule has 5 nitrogen and oxygen atoms in total. The maximum absolute atomic E-state index is 6.20. The lowest BCUT2D eigenvalue weighted by Crippen LogP contribution is -2.05. The summed E-state index contributed by atoms with van der Waals surface area (Å²) in [5.74, 6) is 2.87. The molecule has 136 valence electrons. The average molecular weight is 390 g/mol. The maximum Gasteiger partial charge on any atom is 0.191 e. The summed E-state index contributed by atoms with van der Waals surface area (Å²) >= 11 is 7.80. The molecule has 0 N–H and O–H groups in total. The topological polar surface area (TPSA) is 49.2 Å². The van der Waals surface area contributed by atoms with Crippen LogP contribution in [0.3, 0.4) is 0 Å². The van der Waals surface area contributed by atoms with Gasteiger partial charge in [-0.25, -0.2) is 0 Å². The first kappa shape index (κ1) is 18.6. The van der Waals surface area contributed by atoms with Gasteiger partial charge in [-0.1, -0.05) is 47.6 Å². The molecule has 0 aliphatic heterocycles. The van der Waals surface area contributed by atoms with Crippen LogP contribution < -0.4 is 9.47 Å². The first-order chi connectivity index (χ1) is 12.6. The van der Waals surface area contributed by atoms with E-state index in [1.807, 2.05) is 61.0 Å². The normalized spacial score (nSPS) is 10.8. The lowest BCUT2D eigenvalue weighted by Gasteiger charge is -2.11. The number of aryl methyl sites for hydroxylation is 1. The Morgan fingerprint density at radius 2 is 1.92 bits per heavy atom. The zero-order chi connectivity index (χ0) is 18.5. The van der Waals surface area contributed by atoms with Crippen LogP contribution in [0.1, 0.15) is 17.0 Å². The number of nitrogens with zero attached hydrogens (tertiary/aromatic N) is 3. The number of ether oxygens (including phenoxy) is 2. The van der Waals surface area contributed by atoms with Crippen LogP contribution in [0, 0.1) is 6.92 Å². The molecule has 0 amide bonds. The third-order valence-electron chi connectivity index (χ3n) is 3.92. The highest BCUT2D eigenvalue weighted by atomic mass is 35.5. The molecular weight excluding hydrogens is 370 g/mol. The van der Waals surface area contributed by atoms with Gasteiger partial charge in [0.1, 0.15) is 6.61 Å². The Hall–Kier alpha value is -2.18. The van der Waals surface area contributed by atoms with Crippen LogP contribution in [0.5, 0.6) is 11.5 Å². The van der Waals surface area contributed by atoms with Crippen LogP contribution in [0.4, 0.5) is 0 Å². The molecule has 1 aromatic heterocycles. The van der Waals surface area contributed by atoms with Crippen molar-refractivity contribution < 1.29 is 9.47 Å². The summed E-state index contributed by atoms with van der Waals surface area (Å²) in [5, 5.41) is 10.1. The van der Waals surface area contributed by atoms with Crippen molar-refractivity contribution in [2.24, 2.45) is 7.05 Å². The largest absolute Gasteiger partial charge is 0.493 e. The summed E-state index contributed by atoms with van der Waals surface area (Å²) in [6.45, 7) is 2.33. The third kappa shape index (κ3) is 4.31. The number of halogens is 1. The van der Waals surface area contributed by atoms with Crippen molar-refractivity contribution in [2.75, 3.05) is 7.11 Å². The minimum absolute atomic E-state index is 0.315. The van der Waals surface area contributed by atoms with Crippen molar-refractivity contribution in [3.05, 3.63) is 64.4 Å². The third-order valence-corrected chi connectivity index (χ3v) is 5.35. The fourth-order valence-electron chi connectivity index (χ4n) is 2.39. The van der Waals surface area contributed by atoms with Crippen molar-refractivity contribution in [3.63, 3.8) is 0 Å². The Morgan fingerprint density at radius 3 is 2.69 bits per heavy atom. The van der Waals surface area contributed by atoms with Gasteiger partial charge in [-0.15, -0.1) is 10.2 Å². The van der Waals surface area contributed by atoms with E-state index < -0.39 is 0 Å². The molecule has 1 heterocycles. The quantitative estimate of drug-likeness (QED) is 0.550. The SMILES string of the molecule is COc1cc(C)ccc1OCc1nnc(SCc2ccccc2Cl)n1C. The molecule has 2 aromatic carbocycles. The zero-order valence-electron chi connectivity index (χ0n) is 14.9. The second kappa shape index (κ2) is 8.47. The van der Waals surface area contributed by atoms with Gasteiger partial charge in [0.05, 0.1) is 7.11 Å². The average Bonchev–Trinajstić information content (AvgIpc) is 3.00. The number of thioether (sulfide) groups is 1. The van der Waals surface area contributed by atoms with Gasteiger partial charge in [0, 0.05) is 17.8 Å². The van der Waals surface area contributed by atoms with Gasteiger partial charge in [-0.05, 0) is 36.2 Å². The van der Waals surface area contributed by atoms with Crippen LogP contribution in [0.15, 0.2) is 47.6 Å². The molecular formula is C19H20ClN3O2S. The molecule has 0 atom stereocenters. The number of benzene rings is 2. The van der Waals surface area contributed by atoms with Gasteiger partial charge in [0.2, 0.25) is 0 Å². The van der Waals surface area contributed by atoms with E-state index in [2.05, 4.69) is 10.2 Å². The second-order valence-corrected chi connectivity index (χ2v) is 7.13. The molecule has 0 saturated carbocycles. The Labute approximate surface area is 162 Å². The van der Waals surface area contributed by atoms with Gasteiger partial charge in [0.15, 0.2) is 22.5 Å². The molecule has 0 unspecified atom stereocenters. The standard InChI is InChI=1S/C19H20ClN3O2S/c1-13-8-9-16(17(10-13)24-3)25-11-18-21-22-19(23(18)2)26-12-14-6-4-5-7-15(14)20/h4-10H,11-12H2,1-3H3. The summed E-state index contributed by atoms with van der Waals surface area (Å²) in [6, 6.07) is 13.6. The predicted molar refractivity (Wildman–Crippen MR) is 104 cm³/mol. The molecule has 3 rings (SSSR count). The van der Waals surface area contributed by atoms with E-state index in [1.165, 1.54) is 0 Å². The van der Waals surface area contributed by atoms with Crippen LogP contribution >= 0.6 is 23.4 Å². The van der Waals surface area contributed by atoms with E-state index in [9.17, 15) is 0 Å². The molecule has 0 radical (unpaired) electrons. The fourth-order valence-corrected chi connectivity index (χ4v) is 3.61. The first-order valence-corrected chi connectivity index (χ1v) is 9.46. The minimum atomic E-state index is 0.315. The number of rotatable bonds is 7. The molecule has 0 spiro atoms. The summed E-state index contributed by atoms with van der Waals surface area (Å²) in [7, 11) is 3.56. The van der Waals surface area contributed by atoms with E-state index in [1.54, 1.807) is 18.9 Å². The monoisotopic (exact) mass is 389 g/mol. The molecule has 0 fully saturated rings. The number of methoxy groups -OCH3 is 1. The van der Waals surface area contributed by atoms with Crippen LogP contribution in [-0.2, 0) is 19.4 Å². The number of hydrogen-bond acceptors (Lipinski definition) is 5. The summed E-state index contributed by atoms with van der Waals surface area (Å²) in [6.07, 6.45) is 0. The van der Waals surface area contributed by atoms with Gasteiger partial charge >= 0.3 is 0 Å². The lowest BCUT2D eigenvalue weighted by molar-refractivity contribution is 0.272. The molecule has 0 bridgehead atoms. The van der Waals surface area contributed by atoms with E-state index in [-0.39, 0.29) is 0 Å². The van der Waals surface area contributed by atoms with Crippen molar-refractivity contribution >= 4 is 23.4 Å². The highest BCUT2D eigenvalue weighted by Gasteiger charge is 2.12.